The van der Waals surface area contributed by atoms with Crippen molar-refractivity contribution >= 4 is 11.8 Å². The number of hydrogen-bond acceptors (Lipinski definition) is 4. The molecule has 1 N–H and O–H groups in total. The fourth-order valence-corrected chi connectivity index (χ4v) is 2.55. The van der Waals surface area contributed by atoms with Crippen LogP contribution in [0.3, 0.4) is 0 Å². The van der Waals surface area contributed by atoms with Crippen LogP contribution in [0.1, 0.15) is 19.4 Å². The molecule has 0 saturated carbocycles. The van der Waals surface area contributed by atoms with E-state index in [9.17, 15) is 0 Å². The molecule has 1 aliphatic rings. The number of nitrogens with one attached hydrogen (secondary N) is 1. The summed E-state index contributed by atoms with van der Waals surface area (Å²) in [6.45, 7) is 7.63. The number of hydrogen-bond donors (Lipinski definition) is 1. The Kier molecular flexibility index (Phi) is 4.78. The summed E-state index contributed by atoms with van der Waals surface area (Å²) in [4.78, 5) is 1.26. The fraction of sp³-hybridized carbons (Fsp3) is 0.571. The minimum atomic E-state index is 0.643. The molecule has 0 radical (unpaired) electrons. The van der Waals surface area contributed by atoms with Crippen LogP contribution in [0.2, 0.25) is 0 Å². The summed E-state index contributed by atoms with van der Waals surface area (Å²) in [5.74, 6) is 2.42. The van der Waals surface area contributed by atoms with E-state index in [4.69, 9.17) is 9.47 Å². The maximum absolute atomic E-state index is 5.63. The molecule has 3 nitrogen and oxygen atoms in total. The van der Waals surface area contributed by atoms with Crippen molar-refractivity contribution in [2.45, 2.75) is 25.3 Å². The number of benzene rings is 1. The largest absolute Gasteiger partial charge is 0.486 e. The molecule has 4 heteroatoms. The number of ether oxygens (including phenoxy) is 2. The summed E-state index contributed by atoms with van der Waals surface area (Å²) in [7, 11) is 0. The second kappa shape index (κ2) is 6.34. The van der Waals surface area contributed by atoms with Gasteiger partial charge in [0, 0.05) is 11.4 Å². The molecule has 0 aromatic heterocycles. The van der Waals surface area contributed by atoms with Crippen molar-refractivity contribution in [2.75, 3.05) is 26.0 Å². The van der Waals surface area contributed by atoms with Gasteiger partial charge in [-0.2, -0.15) is 0 Å². The molecule has 0 spiro atoms. The molecule has 0 unspecified atom stereocenters. The Morgan fingerprint density at radius 3 is 2.50 bits per heavy atom. The Labute approximate surface area is 113 Å². The van der Waals surface area contributed by atoms with E-state index in [1.807, 2.05) is 0 Å². The van der Waals surface area contributed by atoms with E-state index in [2.05, 4.69) is 37.6 Å². The van der Waals surface area contributed by atoms with Crippen LogP contribution in [0.5, 0.6) is 11.5 Å². The van der Waals surface area contributed by atoms with Gasteiger partial charge in [-0.15, -0.1) is 11.8 Å². The molecular formula is C14H21NO2S. The van der Waals surface area contributed by atoms with Gasteiger partial charge in [-0.3, -0.25) is 0 Å². The molecule has 0 bridgehead atoms. The van der Waals surface area contributed by atoms with Crippen LogP contribution in [-0.2, 0) is 6.54 Å². The molecule has 0 aliphatic carbocycles. The first-order valence-electron chi connectivity index (χ1n) is 6.38. The zero-order chi connectivity index (χ0) is 13.0. The van der Waals surface area contributed by atoms with Gasteiger partial charge in [-0.1, -0.05) is 13.8 Å². The van der Waals surface area contributed by atoms with Gasteiger partial charge in [0.15, 0.2) is 11.5 Å². The van der Waals surface area contributed by atoms with Gasteiger partial charge in [0.05, 0.1) is 0 Å². The summed E-state index contributed by atoms with van der Waals surface area (Å²) in [5, 5.41) is 3.47. The third-order valence-electron chi connectivity index (χ3n) is 2.81. The van der Waals surface area contributed by atoms with Gasteiger partial charge < -0.3 is 14.8 Å². The lowest BCUT2D eigenvalue weighted by atomic mass is 10.1. The summed E-state index contributed by atoms with van der Waals surface area (Å²) in [5.41, 5.74) is 1.28. The van der Waals surface area contributed by atoms with Gasteiger partial charge in [-0.05, 0) is 36.4 Å². The highest BCUT2D eigenvalue weighted by Gasteiger charge is 2.15. The quantitative estimate of drug-likeness (QED) is 0.831. The van der Waals surface area contributed by atoms with Gasteiger partial charge in [-0.25, -0.2) is 0 Å². The molecule has 1 aromatic rings. The van der Waals surface area contributed by atoms with Crippen LogP contribution in [0.4, 0.5) is 0 Å². The van der Waals surface area contributed by atoms with Gasteiger partial charge in [0.2, 0.25) is 0 Å². The average Bonchev–Trinajstić information content (AvgIpc) is 2.37. The lowest BCUT2D eigenvalue weighted by Crippen LogP contribution is -2.20. The first-order valence-corrected chi connectivity index (χ1v) is 7.60. The summed E-state index contributed by atoms with van der Waals surface area (Å²) in [6, 6.07) is 4.19. The first kappa shape index (κ1) is 13.6. The van der Waals surface area contributed by atoms with Crippen LogP contribution >= 0.6 is 11.8 Å². The van der Waals surface area contributed by atoms with Crippen molar-refractivity contribution in [3.05, 3.63) is 17.7 Å². The van der Waals surface area contributed by atoms with E-state index < -0.39 is 0 Å². The highest BCUT2D eigenvalue weighted by Crippen LogP contribution is 2.36. The van der Waals surface area contributed by atoms with Crippen molar-refractivity contribution in [1.29, 1.82) is 0 Å². The van der Waals surface area contributed by atoms with E-state index in [-0.39, 0.29) is 0 Å². The molecule has 100 valence electrons. The maximum atomic E-state index is 5.63. The van der Waals surface area contributed by atoms with Gasteiger partial charge in [0.25, 0.3) is 0 Å². The highest BCUT2D eigenvalue weighted by molar-refractivity contribution is 7.98. The molecule has 0 saturated heterocycles. The van der Waals surface area contributed by atoms with Crippen LogP contribution in [0.25, 0.3) is 0 Å². The smallest absolute Gasteiger partial charge is 0.162 e. The zero-order valence-electron chi connectivity index (χ0n) is 11.3. The average molecular weight is 267 g/mol. The van der Waals surface area contributed by atoms with Crippen molar-refractivity contribution in [3.8, 4) is 11.5 Å². The van der Waals surface area contributed by atoms with Gasteiger partial charge >= 0.3 is 0 Å². The lowest BCUT2D eigenvalue weighted by Gasteiger charge is -2.21. The molecule has 0 amide bonds. The van der Waals surface area contributed by atoms with Gasteiger partial charge in [0.1, 0.15) is 13.2 Å². The summed E-state index contributed by atoms with van der Waals surface area (Å²) in [6.07, 6.45) is 2.09. The minimum absolute atomic E-state index is 0.643. The molecule has 0 fully saturated rings. The zero-order valence-corrected chi connectivity index (χ0v) is 12.1. The van der Waals surface area contributed by atoms with E-state index >= 15 is 0 Å². The Morgan fingerprint density at radius 2 is 1.89 bits per heavy atom. The second-order valence-corrected chi connectivity index (χ2v) is 5.68. The second-order valence-electron chi connectivity index (χ2n) is 4.83. The summed E-state index contributed by atoms with van der Waals surface area (Å²) >= 11 is 1.75. The molecule has 1 aliphatic heterocycles. The lowest BCUT2D eigenvalue weighted by molar-refractivity contribution is 0.171. The fourth-order valence-electron chi connectivity index (χ4n) is 1.94. The normalized spacial score (nSPS) is 14.0. The summed E-state index contributed by atoms with van der Waals surface area (Å²) < 4.78 is 11.2. The van der Waals surface area contributed by atoms with Crippen molar-refractivity contribution < 1.29 is 9.47 Å². The minimum Gasteiger partial charge on any atom is -0.486 e. The number of fused-ring (bicyclic) bond motifs is 1. The molecular weight excluding hydrogens is 246 g/mol. The van der Waals surface area contributed by atoms with Crippen molar-refractivity contribution in [2.24, 2.45) is 5.92 Å². The first-order chi connectivity index (χ1) is 8.70. The van der Waals surface area contributed by atoms with E-state index in [0.29, 0.717) is 19.1 Å². The molecule has 2 rings (SSSR count). The standard InChI is InChI=1S/C14H21NO2S/c1-10(2)8-15-9-11-6-12-13(7-14(11)18-3)17-5-4-16-12/h6-7,10,15H,4-5,8-9H2,1-3H3. The van der Waals surface area contributed by atoms with E-state index in [1.54, 1.807) is 11.8 Å². The van der Waals surface area contributed by atoms with Crippen LogP contribution in [-0.4, -0.2) is 26.0 Å². The number of thioether (sulfide) groups is 1. The van der Waals surface area contributed by atoms with E-state index in [0.717, 1.165) is 24.6 Å². The Hall–Kier alpha value is -0.870. The Balaban J connectivity index is 2.12. The molecule has 0 atom stereocenters. The highest BCUT2D eigenvalue weighted by atomic mass is 32.2. The molecule has 18 heavy (non-hydrogen) atoms. The third kappa shape index (κ3) is 3.33. The monoisotopic (exact) mass is 267 g/mol. The number of rotatable bonds is 5. The molecule has 1 aromatic carbocycles. The SMILES string of the molecule is CSc1cc2c(cc1CNCC(C)C)OCCO2. The van der Waals surface area contributed by atoms with Crippen LogP contribution < -0.4 is 14.8 Å². The van der Waals surface area contributed by atoms with Crippen LogP contribution in [0.15, 0.2) is 17.0 Å². The predicted octanol–water partition coefficient (Wildman–Crippen LogP) is 2.93. The molecule has 1 heterocycles. The Morgan fingerprint density at radius 1 is 1.22 bits per heavy atom. The third-order valence-corrected chi connectivity index (χ3v) is 3.63. The Bertz CT molecular complexity index is 407. The topological polar surface area (TPSA) is 30.5 Å². The van der Waals surface area contributed by atoms with Crippen molar-refractivity contribution in [3.63, 3.8) is 0 Å². The van der Waals surface area contributed by atoms with Crippen molar-refractivity contribution in [1.82, 2.24) is 5.32 Å². The predicted molar refractivity (Wildman–Crippen MR) is 75.8 cm³/mol. The van der Waals surface area contributed by atoms with Crippen LogP contribution in [0, 0.1) is 5.92 Å². The maximum Gasteiger partial charge on any atom is 0.162 e. The van der Waals surface area contributed by atoms with E-state index in [1.165, 1.54) is 10.5 Å².